The van der Waals surface area contributed by atoms with Crippen LogP contribution in [0, 0.1) is 0 Å². The fourth-order valence-corrected chi connectivity index (χ4v) is 4.82. The molecule has 0 aliphatic heterocycles. The summed E-state index contributed by atoms with van der Waals surface area (Å²) in [6.45, 7) is 6.94. The highest BCUT2D eigenvalue weighted by atomic mass is 16.2. The predicted octanol–water partition coefficient (Wildman–Crippen LogP) is 5.57. The molecule has 1 atom stereocenters. The van der Waals surface area contributed by atoms with Gasteiger partial charge in [0.05, 0.1) is 0 Å². The molecule has 1 aromatic rings. The molecule has 0 aliphatic carbocycles. The number of carbonyl (C=O) groups excluding carboxylic acids is 3. The molecule has 1 rings (SSSR count). The van der Waals surface area contributed by atoms with E-state index in [4.69, 9.17) is 11.5 Å². The van der Waals surface area contributed by atoms with Gasteiger partial charge in [-0.3, -0.25) is 19.4 Å². The second-order valence-corrected chi connectivity index (χ2v) is 11.6. The van der Waals surface area contributed by atoms with Gasteiger partial charge in [-0.1, -0.05) is 96.5 Å². The monoisotopic (exact) mass is 586 g/mol. The van der Waals surface area contributed by atoms with Crippen LogP contribution in [0.3, 0.4) is 0 Å². The molecule has 0 bridgehead atoms. The van der Waals surface area contributed by atoms with Gasteiger partial charge in [0.2, 0.25) is 5.91 Å². The standard InChI is InChI=1S/C33H58N6O3/c1-4-5-6-7-8-9-10-11-12-13-14-15-16-17-23-36-32(42)29(22-19-24-37-33(34)35)39-31(41)28-21-18-20-27(25-28)30(40)38-26(2)3/h18,20-21,25-26,29H,4-17,19,22-24H2,1-3H3,(H,36,42)(H,38,40)(H,39,41)(H4,34,35,37)/t29-/m0/s1. The van der Waals surface area contributed by atoms with Crippen molar-refractivity contribution in [1.29, 1.82) is 0 Å². The lowest BCUT2D eigenvalue weighted by molar-refractivity contribution is -0.123. The maximum absolute atomic E-state index is 13.0. The lowest BCUT2D eigenvalue weighted by atomic mass is 10.0. The molecule has 0 fully saturated rings. The van der Waals surface area contributed by atoms with Gasteiger partial charge in [-0.25, -0.2) is 0 Å². The lowest BCUT2D eigenvalue weighted by Gasteiger charge is -2.19. The summed E-state index contributed by atoms with van der Waals surface area (Å²) < 4.78 is 0. The number of nitrogens with one attached hydrogen (secondary N) is 3. The zero-order chi connectivity index (χ0) is 31.0. The van der Waals surface area contributed by atoms with Crippen molar-refractivity contribution in [3.05, 3.63) is 35.4 Å². The summed E-state index contributed by atoms with van der Waals surface area (Å²) >= 11 is 0. The summed E-state index contributed by atoms with van der Waals surface area (Å²) in [6, 6.07) is 5.73. The Bertz CT molecular complexity index is 930. The number of hydrogen-bond acceptors (Lipinski definition) is 4. The number of unbranched alkanes of at least 4 members (excludes halogenated alkanes) is 13. The van der Waals surface area contributed by atoms with E-state index in [1.807, 2.05) is 13.8 Å². The molecule has 0 saturated carbocycles. The van der Waals surface area contributed by atoms with Gasteiger partial charge >= 0.3 is 0 Å². The highest BCUT2D eigenvalue weighted by Crippen LogP contribution is 2.13. The molecule has 0 unspecified atom stereocenters. The normalized spacial score (nSPS) is 11.6. The topological polar surface area (TPSA) is 152 Å². The Labute approximate surface area is 254 Å². The Kier molecular flexibility index (Phi) is 20.6. The molecule has 0 aliphatic rings. The van der Waals surface area contributed by atoms with Crippen LogP contribution >= 0.6 is 0 Å². The Hall–Kier alpha value is -3.10. The number of guanidine groups is 1. The fraction of sp³-hybridized carbons (Fsp3) is 0.697. The SMILES string of the molecule is CCCCCCCCCCCCCCCCNC(=O)[C@H](CCCN=C(N)N)NC(=O)c1cccc(C(=O)NC(C)C)c1. The summed E-state index contributed by atoms with van der Waals surface area (Å²) in [7, 11) is 0. The molecule has 9 heteroatoms. The van der Waals surface area contributed by atoms with Crippen molar-refractivity contribution in [2.45, 2.75) is 136 Å². The van der Waals surface area contributed by atoms with Crippen LogP contribution in [0.1, 0.15) is 144 Å². The van der Waals surface area contributed by atoms with Gasteiger partial charge < -0.3 is 27.4 Å². The third-order valence-corrected chi connectivity index (χ3v) is 7.20. The van der Waals surface area contributed by atoms with E-state index in [-0.39, 0.29) is 23.8 Å². The second-order valence-electron chi connectivity index (χ2n) is 11.6. The number of amides is 3. The van der Waals surface area contributed by atoms with Crippen LogP contribution in [0.4, 0.5) is 0 Å². The van der Waals surface area contributed by atoms with E-state index in [9.17, 15) is 14.4 Å². The first kappa shape index (κ1) is 36.9. The highest BCUT2D eigenvalue weighted by Gasteiger charge is 2.21. The van der Waals surface area contributed by atoms with Crippen molar-refractivity contribution < 1.29 is 14.4 Å². The van der Waals surface area contributed by atoms with E-state index >= 15 is 0 Å². The van der Waals surface area contributed by atoms with Crippen molar-refractivity contribution in [3.8, 4) is 0 Å². The number of nitrogens with zero attached hydrogens (tertiary/aromatic N) is 1. The van der Waals surface area contributed by atoms with Gasteiger partial charge in [0, 0.05) is 30.3 Å². The zero-order valence-corrected chi connectivity index (χ0v) is 26.5. The molecule has 42 heavy (non-hydrogen) atoms. The van der Waals surface area contributed by atoms with Crippen molar-refractivity contribution in [3.63, 3.8) is 0 Å². The van der Waals surface area contributed by atoms with Crippen LogP contribution in [0.25, 0.3) is 0 Å². The molecule has 0 aromatic heterocycles. The molecular formula is C33H58N6O3. The van der Waals surface area contributed by atoms with Crippen LogP contribution in [-0.2, 0) is 4.79 Å². The predicted molar refractivity (Wildman–Crippen MR) is 174 cm³/mol. The molecule has 0 saturated heterocycles. The third-order valence-electron chi connectivity index (χ3n) is 7.20. The maximum atomic E-state index is 13.0. The first-order valence-electron chi connectivity index (χ1n) is 16.3. The minimum absolute atomic E-state index is 0.00525. The molecule has 0 heterocycles. The van der Waals surface area contributed by atoms with Gasteiger partial charge in [0.1, 0.15) is 6.04 Å². The van der Waals surface area contributed by atoms with Crippen LogP contribution in [0.5, 0.6) is 0 Å². The molecule has 9 nitrogen and oxygen atoms in total. The summed E-state index contributed by atoms with van der Waals surface area (Å²) in [4.78, 5) is 42.4. The van der Waals surface area contributed by atoms with Gasteiger partial charge in [-0.2, -0.15) is 0 Å². The number of rotatable bonds is 24. The number of aliphatic imine (C=N–C) groups is 1. The van der Waals surface area contributed by atoms with Gasteiger partial charge in [-0.05, 0) is 51.3 Å². The number of benzene rings is 1. The first-order chi connectivity index (χ1) is 20.2. The van der Waals surface area contributed by atoms with E-state index < -0.39 is 11.9 Å². The third kappa shape index (κ3) is 18.4. The Morgan fingerprint density at radius 3 is 1.74 bits per heavy atom. The minimum Gasteiger partial charge on any atom is -0.370 e. The van der Waals surface area contributed by atoms with E-state index in [1.165, 1.54) is 83.1 Å². The Morgan fingerprint density at radius 2 is 1.24 bits per heavy atom. The van der Waals surface area contributed by atoms with E-state index in [2.05, 4.69) is 27.9 Å². The van der Waals surface area contributed by atoms with E-state index in [0.29, 0.717) is 37.1 Å². The fourth-order valence-electron chi connectivity index (χ4n) is 4.82. The molecule has 238 valence electrons. The zero-order valence-electron chi connectivity index (χ0n) is 26.5. The largest absolute Gasteiger partial charge is 0.370 e. The lowest BCUT2D eigenvalue weighted by Crippen LogP contribution is -2.47. The maximum Gasteiger partial charge on any atom is 0.251 e. The van der Waals surface area contributed by atoms with Crippen LogP contribution in [0.15, 0.2) is 29.3 Å². The molecule has 0 radical (unpaired) electrons. The Morgan fingerprint density at radius 1 is 0.738 bits per heavy atom. The van der Waals surface area contributed by atoms with Crippen LogP contribution in [0.2, 0.25) is 0 Å². The van der Waals surface area contributed by atoms with Gasteiger partial charge in [0.25, 0.3) is 11.8 Å². The molecular weight excluding hydrogens is 528 g/mol. The molecule has 0 spiro atoms. The average Bonchev–Trinajstić information content (AvgIpc) is 2.96. The van der Waals surface area contributed by atoms with Crippen LogP contribution in [-0.4, -0.2) is 48.9 Å². The Balaban J connectivity index is 2.42. The summed E-state index contributed by atoms with van der Waals surface area (Å²) in [5, 5.41) is 8.64. The molecule has 3 amide bonds. The van der Waals surface area contributed by atoms with Crippen molar-refractivity contribution in [2.75, 3.05) is 13.1 Å². The van der Waals surface area contributed by atoms with Gasteiger partial charge in [-0.15, -0.1) is 0 Å². The molecule has 1 aromatic carbocycles. The first-order valence-corrected chi connectivity index (χ1v) is 16.3. The second kappa shape index (κ2) is 23.5. The quantitative estimate of drug-likeness (QED) is 0.0609. The summed E-state index contributed by atoms with van der Waals surface area (Å²) in [6.07, 6.45) is 18.8. The van der Waals surface area contributed by atoms with E-state index in [1.54, 1.807) is 18.2 Å². The molecule has 7 N–H and O–H groups in total. The highest BCUT2D eigenvalue weighted by molar-refractivity contribution is 6.01. The minimum atomic E-state index is -0.730. The smallest absolute Gasteiger partial charge is 0.251 e. The van der Waals surface area contributed by atoms with E-state index in [0.717, 1.165) is 12.8 Å². The van der Waals surface area contributed by atoms with Gasteiger partial charge in [0.15, 0.2) is 5.96 Å². The summed E-state index contributed by atoms with van der Waals surface area (Å²) in [5.41, 5.74) is 11.5. The number of hydrogen-bond donors (Lipinski definition) is 5. The average molecular weight is 587 g/mol. The van der Waals surface area contributed by atoms with Crippen molar-refractivity contribution in [2.24, 2.45) is 16.5 Å². The summed E-state index contributed by atoms with van der Waals surface area (Å²) in [5.74, 6) is -0.891. The van der Waals surface area contributed by atoms with Crippen molar-refractivity contribution >= 4 is 23.7 Å². The van der Waals surface area contributed by atoms with Crippen LogP contribution < -0.4 is 27.4 Å². The van der Waals surface area contributed by atoms with Crippen molar-refractivity contribution in [1.82, 2.24) is 16.0 Å². The number of carbonyl (C=O) groups is 3. The number of nitrogens with two attached hydrogens (primary N) is 2.